The number of aromatic amines is 2. The number of hydrogen-bond donors (Lipinski definition) is 0. The minimum atomic E-state index is 1.23. The smallest absolute Gasteiger partial charge is 0.174 e. The summed E-state index contributed by atoms with van der Waals surface area (Å²) < 4.78 is 0. The van der Waals surface area contributed by atoms with Crippen molar-refractivity contribution in [2.45, 2.75) is 0 Å². The highest BCUT2D eigenvalue weighted by atomic mass is 14.6. The predicted octanol–water partition coefficient (Wildman–Crippen LogP) is 5.08. The summed E-state index contributed by atoms with van der Waals surface area (Å²) in [5.41, 5.74) is 0. The van der Waals surface area contributed by atoms with E-state index < -0.39 is 0 Å². The van der Waals surface area contributed by atoms with Crippen molar-refractivity contribution < 1.29 is 9.97 Å². The number of fused-ring (bicyclic) bond motifs is 9. The minimum absolute atomic E-state index is 1.23. The molecule has 0 amide bonds. The Hall–Kier alpha value is -3.52. The van der Waals surface area contributed by atoms with Crippen LogP contribution in [-0.2, 0) is 0 Å². The van der Waals surface area contributed by atoms with Crippen molar-refractivity contribution >= 4 is 53.9 Å². The van der Waals surface area contributed by atoms with Crippen LogP contribution < -0.4 is 9.97 Å². The van der Waals surface area contributed by atoms with E-state index in [2.05, 4.69) is 83.0 Å². The second kappa shape index (κ2) is 4.99. The molecule has 0 saturated heterocycles. The molecule has 2 nitrogen and oxygen atoms in total. The molecule has 0 bridgehead atoms. The highest BCUT2D eigenvalue weighted by Gasteiger charge is 2.12. The van der Waals surface area contributed by atoms with Crippen molar-refractivity contribution in [1.29, 1.82) is 0 Å². The molecule has 2 heteroatoms. The zero-order valence-corrected chi connectivity index (χ0v) is 14.1. The van der Waals surface area contributed by atoms with Crippen molar-refractivity contribution in [3.63, 3.8) is 0 Å². The average molecular weight is 332 g/mol. The van der Waals surface area contributed by atoms with Crippen LogP contribution >= 0.6 is 0 Å². The molecule has 0 unspecified atom stereocenters. The average Bonchev–Trinajstić information content (AvgIpc) is 2.72. The van der Waals surface area contributed by atoms with E-state index in [1.165, 1.54) is 53.9 Å². The van der Waals surface area contributed by atoms with Gasteiger partial charge < -0.3 is 0 Å². The van der Waals surface area contributed by atoms with Gasteiger partial charge in [0.25, 0.3) is 0 Å². The maximum atomic E-state index is 3.21. The molecule has 0 aliphatic carbocycles. The molecular weight excluding hydrogens is 316 g/mol. The Morgan fingerprint density at radius 3 is 1.23 bits per heavy atom. The van der Waals surface area contributed by atoms with Gasteiger partial charge in [0.1, 0.15) is 0 Å². The van der Waals surface area contributed by atoms with Gasteiger partial charge in [-0.05, 0) is 44.5 Å². The Balaban J connectivity index is 2.03. The molecule has 2 N–H and O–H groups in total. The number of rotatable bonds is 0. The number of hydrogen-bond acceptors (Lipinski definition) is 0. The van der Waals surface area contributed by atoms with Gasteiger partial charge in [-0.3, -0.25) is 0 Å². The summed E-state index contributed by atoms with van der Waals surface area (Å²) >= 11 is 0. The highest BCUT2D eigenvalue weighted by molar-refractivity contribution is 6.31. The summed E-state index contributed by atoms with van der Waals surface area (Å²) in [6.07, 6.45) is 8.18. The first-order valence-corrected chi connectivity index (χ1v) is 8.87. The Bertz CT molecular complexity index is 1360. The molecular formula is C24H16N2+2. The summed E-state index contributed by atoms with van der Waals surface area (Å²) in [7, 11) is 0. The molecule has 0 spiro atoms. The fourth-order valence-corrected chi connectivity index (χ4v) is 4.29. The van der Waals surface area contributed by atoms with E-state index in [0.29, 0.717) is 0 Å². The van der Waals surface area contributed by atoms with Gasteiger partial charge in [-0.15, -0.1) is 0 Å². The van der Waals surface area contributed by atoms with E-state index in [-0.39, 0.29) is 0 Å². The van der Waals surface area contributed by atoms with Gasteiger partial charge in [0.2, 0.25) is 0 Å². The quantitative estimate of drug-likeness (QED) is 0.347. The zero-order chi connectivity index (χ0) is 17.1. The molecule has 6 aromatic rings. The molecule has 120 valence electrons. The maximum absolute atomic E-state index is 3.21. The number of pyridine rings is 2. The molecule has 26 heavy (non-hydrogen) atoms. The monoisotopic (exact) mass is 332 g/mol. The number of benzene rings is 4. The molecule has 0 radical (unpaired) electrons. The standard InChI is InChI=1S/C24H14N2/c1-3-17-4-2-16-6-8-19-14-26-12-10-21(19)23(16)24(17)22-15(1)5-7-18-13-25-11-9-20(18)22/h1-14H/p+2. The van der Waals surface area contributed by atoms with Crippen LogP contribution in [0.15, 0.2) is 85.5 Å². The molecule has 0 atom stereocenters. The van der Waals surface area contributed by atoms with Crippen molar-refractivity contribution in [3.8, 4) is 0 Å². The zero-order valence-electron chi connectivity index (χ0n) is 14.1. The summed E-state index contributed by atoms with van der Waals surface area (Å²) in [6.45, 7) is 0. The summed E-state index contributed by atoms with van der Waals surface area (Å²) in [4.78, 5) is 6.42. The Labute approximate surface area is 149 Å². The van der Waals surface area contributed by atoms with Crippen LogP contribution in [0.5, 0.6) is 0 Å². The fourth-order valence-electron chi connectivity index (χ4n) is 4.29. The third kappa shape index (κ3) is 1.76. The molecule has 6 rings (SSSR count). The maximum Gasteiger partial charge on any atom is 0.174 e. The van der Waals surface area contributed by atoms with Gasteiger partial charge in [-0.25, -0.2) is 9.97 Å². The number of nitrogens with one attached hydrogen (secondary N) is 2. The van der Waals surface area contributed by atoms with Crippen molar-refractivity contribution in [2.24, 2.45) is 0 Å². The Morgan fingerprint density at radius 1 is 0.385 bits per heavy atom. The molecule has 0 aliphatic rings. The van der Waals surface area contributed by atoms with Crippen molar-refractivity contribution in [2.75, 3.05) is 0 Å². The predicted molar refractivity (Wildman–Crippen MR) is 107 cm³/mol. The lowest BCUT2D eigenvalue weighted by molar-refractivity contribution is -0.376. The second-order valence-electron chi connectivity index (χ2n) is 6.85. The van der Waals surface area contributed by atoms with Gasteiger partial charge >= 0.3 is 0 Å². The third-order valence-corrected chi connectivity index (χ3v) is 5.47. The lowest BCUT2D eigenvalue weighted by atomic mass is 9.91. The van der Waals surface area contributed by atoms with Gasteiger partial charge in [0.15, 0.2) is 24.8 Å². The first-order valence-electron chi connectivity index (χ1n) is 8.87. The largest absolute Gasteiger partial charge is 0.217 e. The van der Waals surface area contributed by atoms with Crippen LogP contribution in [0, 0.1) is 0 Å². The minimum Gasteiger partial charge on any atom is -0.217 e. The van der Waals surface area contributed by atoms with E-state index in [9.17, 15) is 0 Å². The van der Waals surface area contributed by atoms with Gasteiger partial charge in [0.05, 0.1) is 0 Å². The van der Waals surface area contributed by atoms with E-state index in [0.717, 1.165) is 0 Å². The van der Waals surface area contributed by atoms with Gasteiger partial charge in [-0.1, -0.05) is 36.4 Å². The summed E-state index contributed by atoms with van der Waals surface area (Å²) in [5.74, 6) is 0. The van der Waals surface area contributed by atoms with Crippen LogP contribution in [-0.4, -0.2) is 0 Å². The first kappa shape index (κ1) is 13.7. The molecule has 2 aromatic heterocycles. The normalized spacial score (nSPS) is 11.8. The summed E-state index contributed by atoms with van der Waals surface area (Å²) in [5, 5.41) is 12.9. The van der Waals surface area contributed by atoms with E-state index in [1.54, 1.807) is 0 Å². The van der Waals surface area contributed by atoms with E-state index in [4.69, 9.17) is 0 Å². The van der Waals surface area contributed by atoms with Gasteiger partial charge in [0, 0.05) is 33.7 Å². The van der Waals surface area contributed by atoms with Gasteiger partial charge in [-0.2, -0.15) is 0 Å². The second-order valence-corrected chi connectivity index (χ2v) is 6.85. The van der Waals surface area contributed by atoms with Crippen LogP contribution in [0.3, 0.4) is 0 Å². The lowest BCUT2D eigenvalue weighted by Gasteiger charge is -2.11. The van der Waals surface area contributed by atoms with Crippen LogP contribution in [0.4, 0.5) is 0 Å². The molecule has 0 aliphatic heterocycles. The fraction of sp³-hybridized carbons (Fsp3) is 0. The highest BCUT2D eigenvalue weighted by Crippen LogP contribution is 2.38. The summed E-state index contributed by atoms with van der Waals surface area (Å²) in [6, 6.07) is 22.2. The molecule has 0 fully saturated rings. The van der Waals surface area contributed by atoms with Crippen LogP contribution in [0.2, 0.25) is 0 Å². The van der Waals surface area contributed by atoms with Crippen molar-refractivity contribution in [3.05, 3.63) is 85.5 Å². The molecule has 2 heterocycles. The Morgan fingerprint density at radius 2 is 0.769 bits per heavy atom. The third-order valence-electron chi connectivity index (χ3n) is 5.47. The van der Waals surface area contributed by atoms with Crippen LogP contribution in [0.25, 0.3) is 53.9 Å². The first-order chi connectivity index (χ1) is 12.9. The SMILES string of the molecule is c1cc2c(ccc3ccc4ccc5ccc6c[nH+]ccc6c5c4c32)c[nH+]1. The lowest BCUT2D eigenvalue weighted by Crippen LogP contribution is -1.98. The number of aromatic nitrogens is 2. The molecule has 0 saturated carbocycles. The molecule has 4 aromatic carbocycles. The van der Waals surface area contributed by atoms with E-state index in [1.807, 2.05) is 12.4 Å². The Kier molecular flexibility index (Phi) is 2.64. The van der Waals surface area contributed by atoms with Crippen LogP contribution in [0.1, 0.15) is 0 Å². The van der Waals surface area contributed by atoms with E-state index >= 15 is 0 Å². The number of H-pyrrole nitrogens is 2. The topological polar surface area (TPSA) is 28.3 Å². The van der Waals surface area contributed by atoms with Crippen molar-refractivity contribution in [1.82, 2.24) is 0 Å².